The molecule has 6 heteroatoms. The molecule has 1 aromatic rings. The van der Waals surface area contributed by atoms with Gasteiger partial charge in [0, 0.05) is 12.7 Å². The van der Waals surface area contributed by atoms with Crippen LogP contribution in [-0.2, 0) is 4.79 Å². The molecule has 0 aromatic heterocycles. The van der Waals surface area contributed by atoms with E-state index in [9.17, 15) is 4.79 Å². The standard InChI is InChI=1S/C13H21N5O/c1-13(2,11(19)15-3)9-16-12(18-14)17-10-7-5-4-6-8-10/h4-8H,9,14H2,1-3H3,(H,15,19)(H2,16,17,18). The number of nitrogens with two attached hydrogens (primary N) is 1. The molecule has 0 aliphatic carbocycles. The molecule has 1 aromatic carbocycles. The molecule has 104 valence electrons. The average Bonchev–Trinajstić information content (AvgIpc) is 2.43. The van der Waals surface area contributed by atoms with E-state index >= 15 is 0 Å². The Labute approximate surface area is 113 Å². The minimum absolute atomic E-state index is 0.0627. The molecule has 0 spiro atoms. The number of carbonyl (C=O) groups excluding carboxylic acids is 1. The zero-order valence-corrected chi connectivity index (χ0v) is 11.5. The summed E-state index contributed by atoms with van der Waals surface area (Å²) < 4.78 is 0. The third-order valence-corrected chi connectivity index (χ3v) is 2.65. The molecule has 0 saturated carbocycles. The van der Waals surface area contributed by atoms with Crippen molar-refractivity contribution in [1.29, 1.82) is 0 Å². The normalized spacial score (nSPS) is 11.9. The molecule has 6 nitrogen and oxygen atoms in total. The topological polar surface area (TPSA) is 91.5 Å². The fourth-order valence-corrected chi connectivity index (χ4v) is 1.47. The van der Waals surface area contributed by atoms with Gasteiger partial charge in [0.05, 0.1) is 12.0 Å². The van der Waals surface area contributed by atoms with Crippen molar-refractivity contribution < 1.29 is 4.79 Å². The largest absolute Gasteiger partial charge is 0.359 e. The van der Waals surface area contributed by atoms with Crippen LogP contribution >= 0.6 is 0 Å². The van der Waals surface area contributed by atoms with Gasteiger partial charge in [-0.1, -0.05) is 18.2 Å². The summed E-state index contributed by atoms with van der Waals surface area (Å²) in [5.41, 5.74) is 2.77. The summed E-state index contributed by atoms with van der Waals surface area (Å²) in [4.78, 5) is 15.9. The lowest BCUT2D eigenvalue weighted by Crippen LogP contribution is -2.40. The van der Waals surface area contributed by atoms with Crippen molar-refractivity contribution >= 4 is 17.6 Å². The first-order valence-corrected chi connectivity index (χ1v) is 6.05. The Morgan fingerprint density at radius 3 is 2.47 bits per heavy atom. The van der Waals surface area contributed by atoms with Gasteiger partial charge in [-0.2, -0.15) is 0 Å². The highest BCUT2D eigenvalue weighted by Crippen LogP contribution is 2.15. The van der Waals surface area contributed by atoms with Crippen LogP contribution in [0.3, 0.4) is 0 Å². The lowest BCUT2D eigenvalue weighted by molar-refractivity contribution is -0.128. The molecular formula is C13H21N5O. The van der Waals surface area contributed by atoms with Gasteiger partial charge in [-0.3, -0.25) is 15.2 Å². The predicted octanol–water partition coefficient (Wildman–Crippen LogP) is 0.690. The molecule has 19 heavy (non-hydrogen) atoms. The molecule has 1 amide bonds. The Morgan fingerprint density at radius 1 is 1.32 bits per heavy atom. The number of nitrogens with one attached hydrogen (secondary N) is 3. The van der Waals surface area contributed by atoms with Crippen molar-refractivity contribution in [3.63, 3.8) is 0 Å². The number of aliphatic imine (C=N–C) groups is 1. The van der Waals surface area contributed by atoms with Crippen LogP contribution in [0.1, 0.15) is 13.8 Å². The molecule has 0 unspecified atom stereocenters. The van der Waals surface area contributed by atoms with Crippen LogP contribution in [0.25, 0.3) is 0 Å². The highest BCUT2D eigenvalue weighted by atomic mass is 16.2. The summed E-state index contributed by atoms with van der Waals surface area (Å²) >= 11 is 0. The van der Waals surface area contributed by atoms with Gasteiger partial charge in [0.2, 0.25) is 11.9 Å². The number of carbonyl (C=O) groups is 1. The van der Waals surface area contributed by atoms with Gasteiger partial charge in [-0.15, -0.1) is 0 Å². The van der Waals surface area contributed by atoms with E-state index in [1.165, 1.54) is 0 Å². The van der Waals surface area contributed by atoms with Gasteiger partial charge >= 0.3 is 0 Å². The number of rotatable bonds is 4. The lowest BCUT2D eigenvalue weighted by atomic mass is 9.93. The van der Waals surface area contributed by atoms with Gasteiger partial charge in [-0.05, 0) is 26.0 Å². The van der Waals surface area contributed by atoms with Crippen molar-refractivity contribution in [2.75, 3.05) is 18.9 Å². The van der Waals surface area contributed by atoms with Gasteiger partial charge in [-0.25, -0.2) is 5.84 Å². The summed E-state index contributed by atoms with van der Waals surface area (Å²) in [6.07, 6.45) is 0. The molecule has 1 rings (SSSR count). The molecule has 0 heterocycles. The third kappa shape index (κ3) is 4.59. The van der Waals surface area contributed by atoms with Crippen LogP contribution < -0.4 is 21.9 Å². The van der Waals surface area contributed by atoms with Gasteiger partial charge < -0.3 is 10.6 Å². The summed E-state index contributed by atoms with van der Waals surface area (Å²) in [5, 5.41) is 5.66. The van der Waals surface area contributed by atoms with Crippen LogP contribution in [0.15, 0.2) is 35.3 Å². The van der Waals surface area contributed by atoms with E-state index in [0.717, 1.165) is 5.69 Å². The van der Waals surface area contributed by atoms with Crippen LogP contribution in [0.5, 0.6) is 0 Å². The first-order chi connectivity index (χ1) is 8.99. The molecule has 0 aliphatic heterocycles. The molecule has 0 aliphatic rings. The number of benzene rings is 1. The molecule has 5 N–H and O–H groups in total. The molecule has 0 saturated heterocycles. The van der Waals surface area contributed by atoms with Crippen LogP contribution in [0, 0.1) is 5.41 Å². The molecular weight excluding hydrogens is 242 g/mol. The van der Waals surface area contributed by atoms with E-state index in [0.29, 0.717) is 12.5 Å². The number of anilines is 1. The molecule has 0 radical (unpaired) electrons. The third-order valence-electron chi connectivity index (χ3n) is 2.65. The number of amides is 1. The van der Waals surface area contributed by atoms with Crippen LogP contribution in [0.2, 0.25) is 0 Å². The summed E-state index contributed by atoms with van der Waals surface area (Å²) in [7, 11) is 1.61. The Hall–Kier alpha value is -2.08. The maximum atomic E-state index is 11.6. The number of guanidine groups is 1. The van der Waals surface area contributed by atoms with Crippen LogP contribution in [-0.4, -0.2) is 25.5 Å². The lowest BCUT2D eigenvalue weighted by Gasteiger charge is -2.20. The predicted molar refractivity (Wildman–Crippen MR) is 77.5 cm³/mol. The summed E-state index contributed by atoms with van der Waals surface area (Å²) in [6, 6.07) is 9.54. The first kappa shape index (κ1) is 15.0. The number of hydrogen-bond donors (Lipinski definition) is 4. The fourth-order valence-electron chi connectivity index (χ4n) is 1.47. The molecule has 0 bridgehead atoms. The van der Waals surface area contributed by atoms with Gasteiger partial charge in [0.25, 0.3) is 0 Å². The second-order valence-corrected chi connectivity index (χ2v) is 4.76. The Bertz CT molecular complexity index is 442. The maximum absolute atomic E-state index is 11.6. The SMILES string of the molecule is CNC(=O)C(C)(C)CN=C(NN)Nc1ccccc1. The zero-order valence-electron chi connectivity index (χ0n) is 11.5. The minimum Gasteiger partial charge on any atom is -0.359 e. The zero-order chi connectivity index (χ0) is 14.3. The highest BCUT2D eigenvalue weighted by Gasteiger charge is 2.26. The van der Waals surface area contributed by atoms with E-state index in [-0.39, 0.29) is 5.91 Å². The number of nitrogens with zero attached hydrogens (tertiary/aromatic N) is 1. The highest BCUT2D eigenvalue weighted by molar-refractivity contribution is 5.93. The Morgan fingerprint density at radius 2 is 1.95 bits per heavy atom. The van der Waals surface area contributed by atoms with Crippen molar-refractivity contribution in [2.24, 2.45) is 16.3 Å². The quantitative estimate of drug-likeness (QED) is 0.278. The smallest absolute Gasteiger partial charge is 0.227 e. The second kappa shape index (κ2) is 6.75. The Kier molecular flexibility index (Phi) is 5.32. The van der Waals surface area contributed by atoms with Gasteiger partial charge in [0.15, 0.2) is 0 Å². The van der Waals surface area contributed by atoms with Crippen molar-refractivity contribution in [3.8, 4) is 0 Å². The molecule has 0 fully saturated rings. The van der Waals surface area contributed by atoms with E-state index in [1.54, 1.807) is 7.05 Å². The summed E-state index contributed by atoms with van der Waals surface area (Å²) in [5.74, 6) is 5.77. The number of hydrogen-bond acceptors (Lipinski definition) is 3. The van der Waals surface area contributed by atoms with E-state index in [2.05, 4.69) is 21.1 Å². The van der Waals surface area contributed by atoms with E-state index in [4.69, 9.17) is 5.84 Å². The minimum atomic E-state index is -0.588. The van der Waals surface area contributed by atoms with Crippen molar-refractivity contribution in [2.45, 2.75) is 13.8 Å². The first-order valence-electron chi connectivity index (χ1n) is 6.05. The van der Waals surface area contributed by atoms with E-state index < -0.39 is 5.41 Å². The summed E-state index contributed by atoms with van der Waals surface area (Å²) in [6.45, 7) is 3.98. The number of hydrazine groups is 1. The maximum Gasteiger partial charge on any atom is 0.227 e. The molecule has 0 atom stereocenters. The van der Waals surface area contributed by atoms with Crippen LogP contribution in [0.4, 0.5) is 5.69 Å². The van der Waals surface area contributed by atoms with Gasteiger partial charge in [0.1, 0.15) is 0 Å². The Balaban J connectivity index is 2.70. The monoisotopic (exact) mass is 263 g/mol. The fraction of sp³-hybridized carbons (Fsp3) is 0.385. The van der Waals surface area contributed by atoms with E-state index in [1.807, 2.05) is 44.2 Å². The number of para-hydroxylation sites is 1. The average molecular weight is 263 g/mol. The van der Waals surface area contributed by atoms with Crippen molar-refractivity contribution in [1.82, 2.24) is 10.7 Å². The van der Waals surface area contributed by atoms with Crippen molar-refractivity contribution in [3.05, 3.63) is 30.3 Å². The second-order valence-electron chi connectivity index (χ2n) is 4.76.